The van der Waals surface area contributed by atoms with E-state index in [1.165, 1.54) is 7.11 Å². The fourth-order valence-electron chi connectivity index (χ4n) is 0.880. The number of carboxylic acids is 1. The SMILES string of the molecule is C=C(C)C(=O)OC(C)OC.O=C(O)c1ccccc1. The van der Waals surface area contributed by atoms with E-state index in [9.17, 15) is 9.59 Å². The molecular weight excluding hydrogens is 248 g/mol. The van der Waals surface area contributed by atoms with Crippen LogP contribution < -0.4 is 0 Å². The Hall–Kier alpha value is -2.14. The van der Waals surface area contributed by atoms with Crippen molar-refractivity contribution >= 4 is 11.9 Å². The summed E-state index contributed by atoms with van der Waals surface area (Å²) in [5.74, 6) is -1.30. The van der Waals surface area contributed by atoms with E-state index in [2.05, 4.69) is 11.3 Å². The molecule has 104 valence electrons. The van der Waals surface area contributed by atoms with Crippen LogP contribution >= 0.6 is 0 Å². The summed E-state index contributed by atoms with van der Waals surface area (Å²) in [4.78, 5) is 20.9. The van der Waals surface area contributed by atoms with Gasteiger partial charge in [0.15, 0.2) is 6.29 Å². The van der Waals surface area contributed by atoms with Gasteiger partial charge in [-0.2, -0.15) is 0 Å². The highest BCUT2D eigenvalue weighted by molar-refractivity contribution is 5.87. The number of methoxy groups -OCH3 is 1. The number of carbonyl (C=O) groups excluding carboxylic acids is 1. The van der Waals surface area contributed by atoms with E-state index < -0.39 is 18.2 Å². The highest BCUT2D eigenvalue weighted by Gasteiger charge is 2.07. The van der Waals surface area contributed by atoms with Crippen molar-refractivity contribution in [3.05, 3.63) is 48.0 Å². The summed E-state index contributed by atoms with van der Waals surface area (Å²) in [6.07, 6.45) is -0.496. The van der Waals surface area contributed by atoms with Crippen LogP contribution in [-0.2, 0) is 14.3 Å². The van der Waals surface area contributed by atoms with Crippen LogP contribution in [-0.4, -0.2) is 30.4 Å². The zero-order valence-electron chi connectivity index (χ0n) is 11.3. The molecular formula is C14H18O5. The molecule has 0 aliphatic carbocycles. The monoisotopic (exact) mass is 266 g/mol. The normalized spacial score (nSPS) is 10.7. The zero-order valence-corrected chi connectivity index (χ0v) is 11.3. The minimum absolute atomic E-state index is 0.331. The average molecular weight is 266 g/mol. The molecule has 1 atom stereocenters. The Bertz CT molecular complexity index is 425. The Balaban J connectivity index is 0.000000342. The van der Waals surface area contributed by atoms with Gasteiger partial charge in [0.25, 0.3) is 0 Å². The molecule has 19 heavy (non-hydrogen) atoms. The molecule has 0 saturated carbocycles. The first kappa shape index (κ1) is 16.9. The molecule has 0 fully saturated rings. The number of carbonyl (C=O) groups is 2. The second-order valence-corrected chi connectivity index (χ2v) is 3.66. The molecule has 1 N–H and O–H groups in total. The lowest BCUT2D eigenvalue weighted by Gasteiger charge is -2.09. The highest BCUT2D eigenvalue weighted by atomic mass is 16.7. The molecule has 5 nitrogen and oxygen atoms in total. The minimum atomic E-state index is -0.879. The van der Waals surface area contributed by atoms with Crippen LogP contribution in [0.2, 0.25) is 0 Å². The fourth-order valence-corrected chi connectivity index (χ4v) is 0.880. The Morgan fingerprint density at radius 2 is 1.79 bits per heavy atom. The molecule has 0 aliphatic heterocycles. The topological polar surface area (TPSA) is 72.8 Å². The van der Waals surface area contributed by atoms with Gasteiger partial charge in [0, 0.05) is 12.7 Å². The van der Waals surface area contributed by atoms with Crippen molar-refractivity contribution in [1.29, 1.82) is 0 Å². The molecule has 1 aromatic rings. The Labute approximate surface area is 112 Å². The van der Waals surface area contributed by atoms with Crippen LogP contribution in [0.15, 0.2) is 42.5 Å². The maximum Gasteiger partial charge on any atom is 0.335 e. The maximum absolute atomic E-state index is 10.7. The number of esters is 1. The zero-order chi connectivity index (χ0) is 14.8. The van der Waals surface area contributed by atoms with Gasteiger partial charge >= 0.3 is 11.9 Å². The molecule has 0 radical (unpaired) electrons. The van der Waals surface area contributed by atoms with E-state index in [1.807, 2.05) is 0 Å². The van der Waals surface area contributed by atoms with Crippen LogP contribution in [0.25, 0.3) is 0 Å². The number of aromatic carboxylic acids is 1. The van der Waals surface area contributed by atoms with Gasteiger partial charge < -0.3 is 14.6 Å². The molecule has 0 spiro atoms. The molecule has 0 aromatic heterocycles. The van der Waals surface area contributed by atoms with Gasteiger partial charge in [0.1, 0.15) is 0 Å². The number of benzene rings is 1. The van der Waals surface area contributed by atoms with Crippen LogP contribution in [0.3, 0.4) is 0 Å². The van der Waals surface area contributed by atoms with Gasteiger partial charge in [-0.25, -0.2) is 9.59 Å². The third kappa shape index (κ3) is 7.72. The summed E-state index contributed by atoms with van der Waals surface area (Å²) < 4.78 is 9.39. The molecule has 1 unspecified atom stereocenters. The number of rotatable bonds is 4. The van der Waals surface area contributed by atoms with Crippen molar-refractivity contribution in [2.45, 2.75) is 20.1 Å². The van der Waals surface area contributed by atoms with Crippen molar-refractivity contribution in [2.75, 3.05) is 7.11 Å². The predicted molar refractivity (Wildman–Crippen MR) is 70.8 cm³/mol. The first-order valence-corrected chi connectivity index (χ1v) is 5.56. The molecule has 0 bridgehead atoms. The lowest BCUT2D eigenvalue weighted by atomic mass is 10.2. The Morgan fingerprint density at radius 3 is 2.11 bits per heavy atom. The van der Waals surface area contributed by atoms with Gasteiger partial charge in [-0.05, 0) is 26.0 Å². The van der Waals surface area contributed by atoms with E-state index in [0.29, 0.717) is 11.1 Å². The molecule has 1 rings (SSSR count). The average Bonchev–Trinajstić information content (AvgIpc) is 2.40. The quantitative estimate of drug-likeness (QED) is 0.515. The van der Waals surface area contributed by atoms with E-state index >= 15 is 0 Å². The molecule has 1 aromatic carbocycles. The summed E-state index contributed by atoms with van der Waals surface area (Å²) in [5.41, 5.74) is 0.710. The van der Waals surface area contributed by atoms with Crippen molar-refractivity contribution in [1.82, 2.24) is 0 Å². The molecule has 0 heterocycles. The largest absolute Gasteiger partial charge is 0.478 e. The molecule has 5 heteroatoms. The fraction of sp³-hybridized carbons (Fsp3) is 0.286. The second-order valence-electron chi connectivity index (χ2n) is 3.66. The molecule has 0 amide bonds. The predicted octanol–water partition coefficient (Wildman–Crippen LogP) is 2.48. The van der Waals surface area contributed by atoms with Crippen molar-refractivity contribution in [3.63, 3.8) is 0 Å². The minimum Gasteiger partial charge on any atom is -0.478 e. The van der Waals surface area contributed by atoms with Crippen molar-refractivity contribution in [3.8, 4) is 0 Å². The number of hydrogen-bond acceptors (Lipinski definition) is 4. The van der Waals surface area contributed by atoms with Gasteiger partial charge in [0.05, 0.1) is 5.56 Å². The number of ether oxygens (including phenoxy) is 2. The van der Waals surface area contributed by atoms with Gasteiger partial charge in [-0.3, -0.25) is 0 Å². The van der Waals surface area contributed by atoms with E-state index in [4.69, 9.17) is 9.84 Å². The summed E-state index contributed by atoms with van der Waals surface area (Å²) >= 11 is 0. The van der Waals surface area contributed by atoms with Gasteiger partial charge in [0.2, 0.25) is 0 Å². The lowest BCUT2D eigenvalue weighted by Crippen LogP contribution is -2.16. The first-order valence-electron chi connectivity index (χ1n) is 5.56. The van der Waals surface area contributed by atoms with E-state index in [-0.39, 0.29) is 0 Å². The van der Waals surface area contributed by atoms with E-state index in [1.54, 1.807) is 44.2 Å². The third-order valence-electron chi connectivity index (χ3n) is 1.97. The van der Waals surface area contributed by atoms with Crippen molar-refractivity contribution in [2.24, 2.45) is 0 Å². The number of carboxylic acid groups (broad SMARTS) is 1. The first-order chi connectivity index (χ1) is 8.88. The molecule has 0 saturated heterocycles. The number of hydrogen-bond donors (Lipinski definition) is 1. The summed E-state index contributed by atoms with van der Waals surface area (Å²) in [7, 11) is 1.47. The lowest BCUT2D eigenvalue weighted by molar-refractivity contribution is -0.164. The Kier molecular flexibility index (Phi) is 7.88. The van der Waals surface area contributed by atoms with Crippen LogP contribution in [0.4, 0.5) is 0 Å². The summed E-state index contributed by atoms with van der Waals surface area (Å²) in [6.45, 7) is 6.64. The van der Waals surface area contributed by atoms with Crippen LogP contribution in [0.5, 0.6) is 0 Å². The van der Waals surface area contributed by atoms with Gasteiger partial charge in [-0.15, -0.1) is 0 Å². The van der Waals surface area contributed by atoms with Crippen LogP contribution in [0, 0.1) is 0 Å². The molecule has 0 aliphatic rings. The van der Waals surface area contributed by atoms with Crippen LogP contribution in [0.1, 0.15) is 24.2 Å². The summed E-state index contributed by atoms with van der Waals surface area (Å²) in [6, 6.07) is 8.30. The smallest absolute Gasteiger partial charge is 0.335 e. The maximum atomic E-state index is 10.7. The second kappa shape index (κ2) is 8.88. The summed E-state index contributed by atoms with van der Waals surface area (Å²) in [5, 5.41) is 8.38. The third-order valence-corrected chi connectivity index (χ3v) is 1.97. The van der Waals surface area contributed by atoms with E-state index in [0.717, 1.165) is 0 Å². The Morgan fingerprint density at radius 1 is 1.26 bits per heavy atom. The van der Waals surface area contributed by atoms with Crippen molar-refractivity contribution < 1.29 is 24.2 Å². The standard InChI is InChI=1S/C7H12O3.C7H6O2/c1-5(2)7(8)10-6(3)9-4;8-7(9)6-4-2-1-3-5-6/h6H,1H2,2-4H3;1-5H,(H,8,9). The van der Waals surface area contributed by atoms with Gasteiger partial charge in [-0.1, -0.05) is 24.8 Å². The highest BCUT2D eigenvalue weighted by Crippen LogP contribution is 1.97.